The molecule has 3 aromatic rings. The van der Waals surface area contributed by atoms with Gasteiger partial charge in [0.05, 0.1) is 12.8 Å². The van der Waals surface area contributed by atoms with Crippen LogP contribution < -0.4 is 15.4 Å². The minimum absolute atomic E-state index is 0.00543. The van der Waals surface area contributed by atoms with E-state index < -0.39 is 5.91 Å². The van der Waals surface area contributed by atoms with E-state index in [0.717, 1.165) is 5.69 Å². The first kappa shape index (κ1) is 19.4. The van der Waals surface area contributed by atoms with Crippen LogP contribution in [0.5, 0.6) is 5.75 Å². The lowest BCUT2D eigenvalue weighted by atomic mass is 10.1. The molecule has 0 spiro atoms. The molecule has 1 heterocycles. The highest BCUT2D eigenvalue weighted by Gasteiger charge is 2.12. The van der Waals surface area contributed by atoms with Crippen LogP contribution in [0.15, 0.2) is 60.8 Å². The van der Waals surface area contributed by atoms with Crippen LogP contribution in [0.1, 0.15) is 27.8 Å². The first-order valence-corrected chi connectivity index (χ1v) is 8.83. The molecule has 0 aliphatic carbocycles. The molecule has 2 N–H and O–H groups in total. The summed E-state index contributed by atoms with van der Waals surface area (Å²) < 4.78 is 5.24. The average molecular weight is 396 g/mol. The van der Waals surface area contributed by atoms with Gasteiger partial charge in [-0.1, -0.05) is 11.6 Å². The Bertz CT molecular complexity index is 1020. The summed E-state index contributed by atoms with van der Waals surface area (Å²) in [5.41, 5.74) is 2.80. The second-order valence-electron chi connectivity index (χ2n) is 5.99. The lowest BCUT2D eigenvalue weighted by Gasteiger charge is -2.11. The third-order valence-electron chi connectivity index (χ3n) is 3.98. The predicted octanol–water partition coefficient (Wildman–Crippen LogP) is 4.94. The normalized spacial score (nSPS) is 10.2. The van der Waals surface area contributed by atoms with Crippen LogP contribution in [0.4, 0.5) is 17.1 Å². The van der Waals surface area contributed by atoms with Crippen molar-refractivity contribution in [3.63, 3.8) is 0 Å². The van der Waals surface area contributed by atoms with Gasteiger partial charge in [-0.3, -0.25) is 14.6 Å². The number of nitrogens with one attached hydrogen (secondary N) is 2. The third kappa shape index (κ3) is 4.66. The van der Waals surface area contributed by atoms with Crippen molar-refractivity contribution in [3.8, 4) is 5.75 Å². The van der Waals surface area contributed by atoms with Gasteiger partial charge in [0.25, 0.3) is 5.91 Å². The third-order valence-corrected chi connectivity index (χ3v) is 4.22. The molecule has 0 aliphatic heterocycles. The Hall–Kier alpha value is -3.38. The van der Waals surface area contributed by atoms with Crippen molar-refractivity contribution >= 4 is 40.4 Å². The van der Waals surface area contributed by atoms with Gasteiger partial charge in [-0.25, -0.2) is 0 Å². The molecule has 0 unspecified atom stereocenters. The molecule has 142 valence electrons. The topological polar surface area (TPSA) is 80.3 Å². The molecule has 2 aromatic carbocycles. The van der Waals surface area contributed by atoms with Crippen LogP contribution in [0.3, 0.4) is 0 Å². The van der Waals surface area contributed by atoms with E-state index in [-0.39, 0.29) is 11.5 Å². The van der Waals surface area contributed by atoms with Crippen molar-refractivity contribution in [1.29, 1.82) is 0 Å². The van der Waals surface area contributed by atoms with Crippen molar-refractivity contribution in [2.75, 3.05) is 17.7 Å². The second kappa shape index (κ2) is 8.54. The highest BCUT2D eigenvalue weighted by Crippen LogP contribution is 2.28. The summed E-state index contributed by atoms with van der Waals surface area (Å²) in [6, 6.07) is 15.4. The summed E-state index contributed by atoms with van der Waals surface area (Å²) in [4.78, 5) is 28.1. The summed E-state index contributed by atoms with van der Waals surface area (Å²) in [5.74, 6) is 0.111. The van der Waals surface area contributed by atoms with Gasteiger partial charge in [0, 0.05) is 28.2 Å². The SMILES string of the molecule is COc1ccc(Cl)cc1NC(=O)c1cc(Nc2ccc(C(C)=O)cc2)ccn1. The summed E-state index contributed by atoms with van der Waals surface area (Å²) in [7, 11) is 1.51. The van der Waals surface area contributed by atoms with Crippen LogP contribution in [-0.2, 0) is 0 Å². The Morgan fingerprint density at radius 2 is 1.75 bits per heavy atom. The number of halogens is 1. The minimum Gasteiger partial charge on any atom is -0.495 e. The molecule has 0 radical (unpaired) electrons. The standard InChI is InChI=1S/C21H18ClN3O3/c1-13(26)14-3-6-16(7-4-14)24-17-9-10-23-19(12-17)21(27)25-18-11-15(22)5-8-20(18)28-2/h3-12H,1-2H3,(H,23,24)(H,25,27). The van der Waals surface area contributed by atoms with Crippen LogP contribution >= 0.6 is 11.6 Å². The number of amides is 1. The average Bonchev–Trinajstić information content (AvgIpc) is 2.69. The van der Waals surface area contributed by atoms with Gasteiger partial charge in [0.15, 0.2) is 5.78 Å². The van der Waals surface area contributed by atoms with E-state index in [1.807, 2.05) is 0 Å². The van der Waals surface area contributed by atoms with Crippen molar-refractivity contribution in [1.82, 2.24) is 4.98 Å². The zero-order chi connectivity index (χ0) is 20.1. The van der Waals surface area contributed by atoms with Gasteiger partial charge < -0.3 is 15.4 Å². The van der Waals surface area contributed by atoms with Crippen molar-refractivity contribution in [2.45, 2.75) is 6.92 Å². The Labute approximate surface area is 167 Å². The van der Waals surface area contributed by atoms with E-state index in [1.54, 1.807) is 54.6 Å². The van der Waals surface area contributed by atoms with Crippen LogP contribution in [0.2, 0.25) is 5.02 Å². The fourth-order valence-electron chi connectivity index (χ4n) is 2.55. The van der Waals surface area contributed by atoms with E-state index in [1.165, 1.54) is 20.2 Å². The Morgan fingerprint density at radius 3 is 2.43 bits per heavy atom. The van der Waals surface area contributed by atoms with Gasteiger partial charge in [-0.15, -0.1) is 0 Å². The Kier molecular flexibility index (Phi) is 5.91. The number of methoxy groups -OCH3 is 1. The number of ether oxygens (including phenoxy) is 1. The number of aromatic nitrogens is 1. The number of Topliss-reactive ketones (excluding diaryl/α,β-unsaturated/α-hetero) is 1. The van der Waals surface area contributed by atoms with Gasteiger partial charge in [-0.05, 0) is 61.5 Å². The van der Waals surface area contributed by atoms with E-state index in [9.17, 15) is 9.59 Å². The zero-order valence-corrected chi connectivity index (χ0v) is 16.1. The molecule has 0 fully saturated rings. The van der Waals surface area contributed by atoms with Gasteiger partial charge >= 0.3 is 0 Å². The highest BCUT2D eigenvalue weighted by molar-refractivity contribution is 6.31. The smallest absolute Gasteiger partial charge is 0.274 e. The number of benzene rings is 2. The largest absolute Gasteiger partial charge is 0.495 e. The maximum absolute atomic E-state index is 12.6. The number of hydrogen-bond acceptors (Lipinski definition) is 5. The molecule has 0 aliphatic rings. The quantitative estimate of drug-likeness (QED) is 0.577. The summed E-state index contributed by atoms with van der Waals surface area (Å²) in [6.07, 6.45) is 1.54. The van der Waals surface area contributed by atoms with Gasteiger partial charge in [-0.2, -0.15) is 0 Å². The van der Waals surface area contributed by atoms with E-state index in [4.69, 9.17) is 16.3 Å². The maximum Gasteiger partial charge on any atom is 0.274 e. The Morgan fingerprint density at radius 1 is 1.00 bits per heavy atom. The molecule has 1 aromatic heterocycles. The zero-order valence-electron chi connectivity index (χ0n) is 15.3. The molecule has 0 atom stereocenters. The number of anilines is 3. The number of carbonyl (C=O) groups is 2. The van der Waals surface area contributed by atoms with Crippen LogP contribution in [0.25, 0.3) is 0 Å². The second-order valence-corrected chi connectivity index (χ2v) is 6.42. The Balaban J connectivity index is 1.76. The lowest BCUT2D eigenvalue weighted by molar-refractivity contribution is 0.101. The molecule has 0 saturated carbocycles. The highest BCUT2D eigenvalue weighted by atomic mass is 35.5. The van der Waals surface area contributed by atoms with Gasteiger partial charge in [0.1, 0.15) is 11.4 Å². The van der Waals surface area contributed by atoms with E-state index in [0.29, 0.717) is 27.7 Å². The van der Waals surface area contributed by atoms with Crippen molar-refractivity contribution in [2.24, 2.45) is 0 Å². The summed E-state index contributed by atoms with van der Waals surface area (Å²) in [5, 5.41) is 6.42. The number of ketones is 1. The minimum atomic E-state index is -0.392. The first-order valence-electron chi connectivity index (χ1n) is 8.45. The fourth-order valence-corrected chi connectivity index (χ4v) is 2.72. The van der Waals surface area contributed by atoms with Crippen molar-refractivity contribution < 1.29 is 14.3 Å². The molecular weight excluding hydrogens is 378 g/mol. The first-order chi connectivity index (χ1) is 13.5. The molecule has 3 rings (SSSR count). The van der Waals surface area contributed by atoms with Crippen molar-refractivity contribution in [3.05, 3.63) is 77.1 Å². The monoisotopic (exact) mass is 395 g/mol. The molecule has 1 amide bonds. The number of hydrogen-bond donors (Lipinski definition) is 2. The number of carbonyl (C=O) groups excluding carboxylic acids is 2. The predicted molar refractivity (Wildman–Crippen MR) is 110 cm³/mol. The number of nitrogens with zero attached hydrogens (tertiary/aromatic N) is 1. The summed E-state index contributed by atoms with van der Waals surface area (Å²) in [6.45, 7) is 1.52. The molecular formula is C21H18ClN3O3. The molecule has 28 heavy (non-hydrogen) atoms. The van der Waals surface area contributed by atoms with E-state index >= 15 is 0 Å². The fraction of sp³-hybridized carbons (Fsp3) is 0.0952. The molecule has 0 saturated heterocycles. The molecule has 0 bridgehead atoms. The van der Waals surface area contributed by atoms with E-state index in [2.05, 4.69) is 15.6 Å². The van der Waals surface area contributed by atoms with Gasteiger partial charge in [0.2, 0.25) is 0 Å². The number of pyridine rings is 1. The molecule has 7 heteroatoms. The number of rotatable bonds is 6. The molecule has 6 nitrogen and oxygen atoms in total. The van der Waals surface area contributed by atoms with Crippen LogP contribution in [0, 0.1) is 0 Å². The lowest BCUT2D eigenvalue weighted by Crippen LogP contribution is -2.14. The van der Waals surface area contributed by atoms with Crippen LogP contribution in [-0.4, -0.2) is 23.8 Å². The maximum atomic E-state index is 12.6. The summed E-state index contributed by atoms with van der Waals surface area (Å²) >= 11 is 6.00.